The molecular weight excluding hydrogens is 288 g/mol. The number of hydrazine groups is 1. The van der Waals surface area contributed by atoms with Gasteiger partial charge in [-0.3, -0.25) is 20.8 Å². The quantitative estimate of drug-likeness (QED) is 0.423. The van der Waals surface area contributed by atoms with Crippen LogP contribution in [0.2, 0.25) is 5.02 Å². The molecule has 9 heteroatoms. The molecule has 20 heavy (non-hydrogen) atoms. The molecule has 1 atom stereocenters. The molecule has 1 rings (SSSR count). The molecule has 0 spiro atoms. The lowest BCUT2D eigenvalue weighted by atomic mass is 10.1. The first-order valence-corrected chi connectivity index (χ1v) is 6.03. The number of benzene rings is 1. The molecule has 0 aliphatic carbocycles. The predicted molar refractivity (Wildman–Crippen MR) is 74.6 cm³/mol. The minimum Gasteiger partial charge on any atom is -0.394 e. The lowest BCUT2D eigenvalue weighted by Crippen LogP contribution is -2.37. The standard InChI is InChI=1S/C11H15ClN4O4/c1-6(5-17)15(2)11(18)7-3-8(12)10(14-13)9(4-7)16(19)20/h3-4,6,14,17H,5,13H2,1-2H3. The van der Waals surface area contributed by atoms with E-state index in [2.05, 4.69) is 5.43 Å². The van der Waals surface area contributed by atoms with Crippen LogP contribution in [0.15, 0.2) is 12.1 Å². The highest BCUT2D eigenvalue weighted by molar-refractivity contribution is 6.34. The van der Waals surface area contributed by atoms with E-state index in [0.717, 1.165) is 6.07 Å². The number of anilines is 1. The fraction of sp³-hybridized carbons (Fsp3) is 0.364. The molecule has 0 saturated heterocycles. The maximum absolute atomic E-state index is 12.2. The number of hydrogen-bond acceptors (Lipinski definition) is 6. The van der Waals surface area contributed by atoms with Crippen LogP contribution in [0.5, 0.6) is 0 Å². The first kappa shape index (κ1) is 16.2. The van der Waals surface area contributed by atoms with Crippen molar-refractivity contribution < 1.29 is 14.8 Å². The lowest BCUT2D eigenvalue weighted by Gasteiger charge is -2.23. The SMILES string of the molecule is CC(CO)N(C)C(=O)c1cc(Cl)c(NN)c([N+](=O)[O-])c1. The number of hydrogen-bond donors (Lipinski definition) is 3. The summed E-state index contributed by atoms with van der Waals surface area (Å²) in [6.07, 6.45) is 0. The highest BCUT2D eigenvalue weighted by atomic mass is 35.5. The molecule has 0 heterocycles. The Hall–Kier alpha value is -1.90. The van der Waals surface area contributed by atoms with Gasteiger partial charge in [0.2, 0.25) is 0 Å². The number of carbonyl (C=O) groups excluding carboxylic acids is 1. The van der Waals surface area contributed by atoms with E-state index < -0.39 is 22.6 Å². The van der Waals surface area contributed by atoms with E-state index in [1.54, 1.807) is 6.92 Å². The van der Waals surface area contributed by atoms with Crippen molar-refractivity contribution in [2.75, 3.05) is 19.1 Å². The van der Waals surface area contributed by atoms with Crippen LogP contribution < -0.4 is 11.3 Å². The van der Waals surface area contributed by atoms with E-state index in [0.29, 0.717) is 0 Å². The third-order valence-corrected chi connectivity index (χ3v) is 3.20. The number of rotatable bonds is 5. The fourth-order valence-electron chi connectivity index (χ4n) is 1.53. The molecule has 110 valence electrons. The molecule has 1 unspecified atom stereocenters. The van der Waals surface area contributed by atoms with Crippen LogP contribution in [0, 0.1) is 10.1 Å². The van der Waals surface area contributed by atoms with Crippen molar-refractivity contribution in [1.82, 2.24) is 4.90 Å². The van der Waals surface area contributed by atoms with Crippen LogP contribution in [-0.2, 0) is 0 Å². The largest absolute Gasteiger partial charge is 0.394 e. The molecule has 0 aliphatic heterocycles. The number of nitro groups is 1. The van der Waals surface area contributed by atoms with E-state index in [1.165, 1.54) is 18.0 Å². The molecule has 0 bridgehead atoms. The number of aliphatic hydroxyl groups is 1. The number of carbonyl (C=O) groups is 1. The number of nitrogens with one attached hydrogen (secondary N) is 1. The number of nitrogens with two attached hydrogens (primary N) is 1. The first-order valence-electron chi connectivity index (χ1n) is 5.66. The van der Waals surface area contributed by atoms with Crippen molar-refractivity contribution in [2.45, 2.75) is 13.0 Å². The molecule has 1 aromatic carbocycles. The van der Waals surface area contributed by atoms with Gasteiger partial charge in [-0.15, -0.1) is 0 Å². The summed E-state index contributed by atoms with van der Waals surface area (Å²) in [5.41, 5.74) is 1.72. The van der Waals surface area contributed by atoms with Crippen LogP contribution in [0.4, 0.5) is 11.4 Å². The number of likely N-dealkylation sites (N-methyl/N-ethyl adjacent to an activating group) is 1. The van der Waals surface area contributed by atoms with Gasteiger partial charge in [0.1, 0.15) is 5.69 Å². The Morgan fingerprint density at radius 1 is 1.65 bits per heavy atom. The van der Waals surface area contributed by atoms with E-state index in [-0.39, 0.29) is 22.9 Å². The summed E-state index contributed by atoms with van der Waals surface area (Å²) in [7, 11) is 1.48. The molecule has 4 N–H and O–H groups in total. The smallest absolute Gasteiger partial charge is 0.295 e. The number of aliphatic hydroxyl groups excluding tert-OH is 1. The minimum absolute atomic E-state index is 0.0323. The van der Waals surface area contributed by atoms with Crippen LogP contribution in [-0.4, -0.2) is 40.5 Å². The zero-order valence-corrected chi connectivity index (χ0v) is 11.7. The van der Waals surface area contributed by atoms with Crippen LogP contribution in [0.25, 0.3) is 0 Å². The Balaban J connectivity index is 3.27. The highest BCUT2D eigenvalue weighted by Gasteiger charge is 2.24. The van der Waals surface area contributed by atoms with Gasteiger partial charge in [0.15, 0.2) is 0 Å². The molecule has 1 amide bonds. The Bertz CT molecular complexity index is 537. The molecule has 1 aromatic rings. The molecular formula is C11H15ClN4O4. The van der Waals surface area contributed by atoms with Crippen LogP contribution >= 0.6 is 11.6 Å². The first-order chi connectivity index (χ1) is 9.33. The number of amides is 1. The molecule has 0 fully saturated rings. The van der Waals surface area contributed by atoms with Gasteiger partial charge in [0.05, 0.1) is 22.6 Å². The zero-order valence-electron chi connectivity index (χ0n) is 11.0. The summed E-state index contributed by atoms with van der Waals surface area (Å²) in [4.78, 5) is 23.7. The summed E-state index contributed by atoms with van der Waals surface area (Å²) in [5.74, 6) is 4.69. The Kier molecular flexibility index (Phi) is 5.26. The Morgan fingerprint density at radius 3 is 2.70 bits per heavy atom. The highest BCUT2D eigenvalue weighted by Crippen LogP contribution is 2.33. The van der Waals surface area contributed by atoms with E-state index in [1.807, 2.05) is 0 Å². The molecule has 0 aliphatic rings. The molecule has 0 saturated carbocycles. The monoisotopic (exact) mass is 302 g/mol. The lowest BCUT2D eigenvalue weighted by molar-refractivity contribution is -0.384. The van der Waals surface area contributed by atoms with Gasteiger partial charge in [-0.1, -0.05) is 11.6 Å². The Labute approximate surface area is 120 Å². The summed E-state index contributed by atoms with van der Waals surface area (Å²) in [6, 6.07) is 1.95. The van der Waals surface area contributed by atoms with Gasteiger partial charge in [0.25, 0.3) is 11.6 Å². The van der Waals surface area contributed by atoms with Crippen molar-refractivity contribution >= 4 is 28.9 Å². The van der Waals surface area contributed by atoms with Gasteiger partial charge >= 0.3 is 0 Å². The fourth-order valence-corrected chi connectivity index (χ4v) is 1.80. The molecule has 0 aromatic heterocycles. The number of halogens is 1. The van der Waals surface area contributed by atoms with Gasteiger partial charge in [0, 0.05) is 18.7 Å². The van der Waals surface area contributed by atoms with Crippen molar-refractivity contribution in [3.63, 3.8) is 0 Å². The number of nitro benzene ring substituents is 1. The number of nitrogens with zero attached hydrogens (tertiary/aromatic N) is 2. The van der Waals surface area contributed by atoms with Crippen LogP contribution in [0.3, 0.4) is 0 Å². The van der Waals surface area contributed by atoms with Gasteiger partial charge in [-0.25, -0.2) is 0 Å². The maximum Gasteiger partial charge on any atom is 0.295 e. The normalized spacial score (nSPS) is 11.8. The van der Waals surface area contributed by atoms with E-state index >= 15 is 0 Å². The second-order valence-electron chi connectivity index (χ2n) is 4.20. The molecule has 0 radical (unpaired) electrons. The van der Waals surface area contributed by atoms with Gasteiger partial charge < -0.3 is 15.4 Å². The topological polar surface area (TPSA) is 122 Å². The minimum atomic E-state index is -0.687. The van der Waals surface area contributed by atoms with E-state index in [4.69, 9.17) is 22.6 Å². The summed E-state index contributed by atoms with van der Waals surface area (Å²) >= 11 is 5.87. The zero-order chi connectivity index (χ0) is 15.4. The molecule has 8 nitrogen and oxygen atoms in total. The average Bonchev–Trinajstić information content (AvgIpc) is 2.43. The van der Waals surface area contributed by atoms with Crippen molar-refractivity contribution in [3.8, 4) is 0 Å². The predicted octanol–water partition coefficient (Wildman–Crippen LogP) is 0.987. The van der Waals surface area contributed by atoms with Crippen molar-refractivity contribution in [2.24, 2.45) is 5.84 Å². The Morgan fingerprint density at radius 2 is 2.25 bits per heavy atom. The summed E-state index contributed by atoms with van der Waals surface area (Å²) in [5, 5.41) is 19.9. The van der Waals surface area contributed by atoms with Gasteiger partial charge in [-0.2, -0.15) is 0 Å². The number of nitrogen functional groups attached to an aromatic ring is 1. The summed E-state index contributed by atoms with van der Waals surface area (Å²) < 4.78 is 0. The third kappa shape index (κ3) is 3.16. The second-order valence-corrected chi connectivity index (χ2v) is 4.61. The maximum atomic E-state index is 12.2. The second kappa shape index (κ2) is 6.51. The van der Waals surface area contributed by atoms with Crippen LogP contribution in [0.1, 0.15) is 17.3 Å². The third-order valence-electron chi connectivity index (χ3n) is 2.90. The summed E-state index contributed by atoms with van der Waals surface area (Å²) in [6.45, 7) is 1.42. The van der Waals surface area contributed by atoms with E-state index in [9.17, 15) is 14.9 Å². The van der Waals surface area contributed by atoms with Gasteiger partial charge in [-0.05, 0) is 13.0 Å². The van der Waals surface area contributed by atoms with Crippen molar-refractivity contribution in [1.29, 1.82) is 0 Å². The average molecular weight is 303 g/mol. The van der Waals surface area contributed by atoms with Crippen molar-refractivity contribution in [3.05, 3.63) is 32.8 Å².